The summed E-state index contributed by atoms with van der Waals surface area (Å²) in [6.07, 6.45) is -0.0985. The maximum Gasteiger partial charge on any atom is 0.409 e. The number of ether oxygens (including phenoxy) is 1. The maximum atomic E-state index is 15.0. The molecule has 2 nitrogen and oxygen atoms in total. The van der Waals surface area contributed by atoms with Crippen molar-refractivity contribution in [2.24, 2.45) is 17.8 Å². The maximum absolute atomic E-state index is 15.0. The van der Waals surface area contributed by atoms with Crippen molar-refractivity contribution in [3.05, 3.63) is 82.9 Å². The first-order chi connectivity index (χ1) is 20.7. The van der Waals surface area contributed by atoms with Crippen LogP contribution in [0.25, 0.3) is 28.3 Å². The number of rotatable bonds is 8. The number of benzene rings is 3. The molecule has 1 unspecified atom stereocenters. The standard InChI is InChI=1S/C33H29F9O2/c1-3-4-17(2)18-5-7-19(8-6-18)32(43)44-22-15-28(38)31(29(39)16-22)21-13-26(36)30(27(37)14-21)20-11-24(34)23(25(35)12-20)9-10-33(40,41)42/h9-19H,3-8H2,1-2H3/b10-9+. The van der Waals surface area contributed by atoms with E-state index in [2.05, 4.69) is 13.8 Å². The summed E-state index contributed by atoms with van der Waals surface area (Å²) in [5.74, 6) is -8.95. The predicted molar refractivity (Wildman–Crippen MR) is 147 cm³/mol. The molecule has 0 heterocycles. The highest BCUT2D eigenvalue weighted by Gasteiger charge is 2.30. The predicted octanol–water partition coefficient (Wildman–Crippen LogP) is 10.6. The monoisotopic (exact) mass is 628 g/mol. The topological polar surface area (TPSA) is 26.3 Å². The SMILES string of the molecule is CCCC(C)C1CCC(C(=O)Oc2cc(F)c(-c3cc(F)c(-c4cc(F)c(/C=C/C(F)(F)F)c(F)c4)c(F)c3)c(F)c2)CC1. The Labute approximate surface area is 248 Å². The van der Waals surface area contributed by atoms with Crippen LogP contribution >= 0.6 is 0 Å². The minimum Gasteiger partial charge on any atom is -0.426 e. The van der Waals surface area contributed by atoms with Crippen molar-refractivity contribution in [3.8, 4) is 28.0 Å². The van der Waals surface area contributed by atoms with Crippen molar-refractivity contribution < 1.29 is 49.0 Å². The van der Waals surface area contributed by atoms with Gasteiger partial charge in [-0.2, -0.15) is 13.2 Å². The largest absolute Gasteiger partial charge is 0.426 e. The summed E-state index contributed by atoms with van der Waals surface area (Å²) in [5.41, 5.74) is -4.18. The molecule has 0 aliphatic heterocycles. The van der Waals surface area contributed by atoms with E-state index >= 15 is 17.6 Å². The van der Waals surface area contributed by atoms with Crippen LogP contribution in [-0.4, -0.2) is 12.1 Å². The summed E-state index contributed by atoms with van der Waals surface area (Å²) in [6, 6.07) is 3.37. The van der Waals surface area contributed by atoms with E-state index in [0.29, 0.717) is 61.1 Å². The van der Waals surface area contributed by atoms with Crippen molar-refractivity contribution >= 4 is 12.0 Å². The van der Waals surface area contributed by atoms with Crippen LogP contribution < -0.4 is 4.74 Å². The van der Waals surface area contributed by atoms with Gasteiger partial charge in [0, 0.05) is 23.8 Å². The van der Waals surface area contributed by atoms with Crippen LogP contribution in [0.15, 0.2) is 42.5 Å². The summed E-state index contributed by atoms with van der Waals surface area (Å²) in [7, 11) is 0. The molecule has 1 fully saturated rings. The van der Waals surface area contributed by atoms with Crippen LogP contribution in [0.2, 0.25) is 0 Å². The molecule has 3 aromatic carbocycles. The van der Waals surface area contributed by atoms with Gasteiger partial charge in [-0.15, -0.1) is 0 Å². The molecule has 44 heavy (non-hydrogen) atoms. The minimum atomic E-state index is -4.86. The number of esters is 1. The summed E-state index contributed by atoms with van der Waals surface area (Å²) >= 11 is 0. The average Bonchev–Trinajstić information content (AvgIpc) is 2.91. The molecule has 11 heteroatoms. The van der Waals surface area contributed by atoms with Crippen LogP contribution in [0, 0.1) is 52.7 Å². The molecule has 0 spiro atoms. The van der Waals surface area contributed by atoms with Crippen molar-refractivity contribution in [2.75, 3.05) is 0 Å². The Morgan fingerprint density at radius 1 is 0.795 bits per heavy atom. The minimum absolute atomic E-state index is 0.135. The van der Waals surface area contributed by atoms with Crippen molar-refractivity contribution in [3.63, 3.8) is 0 Å². The van der Waals surface area contributed by atoms with Gasteiger partial charge in [0.05, 0.1) is 17.0 Å². The molecule has 4 rings (SSSR count). The van der Waals surface area contributed by atoms with E-state index < -0.39 is 92.6 Å². The molecule has 3 aromatic rings. The highest BCUT2D eigenvalue weighted by molar-refractivity contribution is 5.77. The van der Waals surface area contributed by atoms with E-state index in [4.69, 9.17) is 4.74 Å². The quantitative estimate of drug-likeness (QED) is 0.141. The summed E-state index contributed by atoms with van der Waals surface area (Å²) in [6.45, 7) is 4.30. The molecular weight excluding hydrogens is 599 g/mol. The summed E-state index contributed by atoms with van der Waals surface area (Å²) in [5, 5.41) is 0. The average molecular weight is 629 g/mol. The van der Waals surface area contributed by atoms with E-state index in [-0.39, 0.29) is 6.08 Å². The Morgan fingerprint density at radius 3 is 1.70 bits per heavy atom. The number of hydrogen-bond acceptors (Lipinski definition) is 2. The van der Waals surface area contributed by atoms with Gasteiger partial charge in [-0.1, -0.05) is 26.7 Å². The third-order valence-corrected chi connectivity index (χ3v) is 8.03. The fraction of sp³-hybridized carbons (Fsp3) is 0.364. The highest BCUT2D eigenvalue weighted by atomic mass is 19.4. The zero-order valence-corrected chi connectivity index (χ0v) is 23.8. The molecule has 0 radical (unpaired) electrons. The molecular formula is C33H29F9O2. The number of halogens is 9. The Bertz CT molecular complexity index is 1480. The first-order valence-electron chi connectivity index (χ1n) is 14.1. The lowest BCUT2D eigenvalue weighted by Crippen LogP contribution is -2.27. The van der Waals surface area contributed by atoms with Gasteiger partial charge >= 0.3 is 12.1 Å². The smallest absolute Gasteiger partial charge is 0.409 e. The van der Waals surface area contributed by atoms with Crippen LogP contribution in [0.1, 0.15) is 57.9 Å². The van der Waals surface area contributed by atoms with Gasteiger partial charge in [-0.25, -0.2) is 26.3 Å². The van der Waals surface area contributed by atoms with Crippen LogP contribution in [-0.2, 0) is 4.79 Å². The van der Waals surface area contributed by atoms with Gasteiger partial charge in [0.15, 0.2) is 0 Å². The molecule has 236 valence electrons. The van der Waals surface area contributed by atoms with E-state index in [1.165, 1.54) is 0 Å². The van der Waals surface area contributed by atoms with Gasteiger partial charge in [-0.05, 0) is 79.0 Å². The molecule has 1 atom stereocenters. The Balaban J connectivity index is 1.54. The second kappa shape index (κ2) is 13.5. The Morgan fingerprint density at radius 2 is 1.25 bits per heavy atom. The molecule has 1 aliphatic carbocycles. The van der Waals surface area contributed by atoms with Crippen LogP contribution in [0.5, 0.6) is 5.75 Å². The first-order valence-corrected chi connectivity index (χ1v) is 14.1. The van der Waals surface area contributed by atoms with Gasteiger partial charge < -0.3 is 4.74 Å². The van der Waals surface area contributed by atoms with Crippen molar-refractivity contribution in [1.29, 1.82) is 0 Å². The normalized spacial score (nSPS) is 18.1. The van der Waals surface area contributed by atoms with E-state index in [1.807, 2.05) is 0 Å². The number of alkyl halides is 3. The lowest BCUT2D eigenvalue weighted by atomic mass is 9.75. The van der Waals surface area contributed by atoms with E-state index in [1.54, 1.807) is 0 Å². The summed E-state index contributed by atoms with van der Waals surface area (Å²) < 4.78 is 131. The van der Waals surface area contributed by atoms with Crippen molar-refractivity contribution in [1.82, 2.24) is 0 Å². The van der Waals surface area contributed by atoms with Crippen LogP contribution in [0.3, 0.4) is 0 Å². The number of hydrogen-bond donors (Lipinski definition) is 0. The number of allylic oxidation sites excluding steroid dienone is 1. The van der Waals surface area contributed by atoms with E-state index in [9.17, 15) is 26.7 Å². The van der Waals surface area contributed by atoms with Gasteiger partial charge in [0.1, 0.15) is 40.7 Å². The molecule has 1 aliphatic rings. The first kappa shape index (κ1) is 33.1. The summed E-state index contributed by atoms with van der Waals surface area (Å²) in [4.78, 5) is 12.7. The molecule has 0 aromatic heterocycles. The van der Waals surface area contributed by atoms with Crippen LogP contribution in [0.4, 0.5) is 39.5 Å². The molecule has 0 amide bonds. The van der Waals surface area contributed by atoms with E-state index in [0.717, 1.165) is 25.7 Å². The Kier molecular flexibility index (Phi) is 10.2. The fourth-order valence-electron chi connectivity index (χ4n) is 5.76. The zero-order valence-electron chi connectivity index (χ0n) is 23.8. The Hall–Kier alpha value is -3.76. The van der Waals surface area contributed by atoms with Gasteiger partial charge in [0.25, 0.3) is 0 Å². The molecule has 0 saturated heterocycles. The lowest BCUT2D eigenvalue weighted by Gasteiger charge is -2.31. The molecule has 0 N–H and O–H groups in total. The molecule has 1 saturated carbocycles. The zero-order chi connectivity index (χ0) is 32.3. The second-order valence-corrected chi connectivity index (χ2v) is 11.1. The molecule has 0 bridgehead atoms. The third-order valence-electron chi connectivity index (χ3n) is 8.03. The number of carbonyl (C=O) groups is 1. The third kappa shape index (κ3) is 7.65. The lowest BCUT2D eigenvalue weighted by molar-refractivity contribution is -0.140. The van der Waals surface area contributed by atoms with Crippen molar-refractivity contribution in [2.45, 2.75) is 58.5 Å². The van der Waals surface area contributed by atoms with Gasteiger partial charge in [0.2, 0.25) is 0 Å². The fourth-order valence-corrected chi connectivity index (χ4v) is 5.76. The second-order valence-electron chi connectivity index (χ2n) is 11.1. The van der Waals surface area contributed by atoms with Gasteiger partial charge in [-0.3, -0.25) is 4.79 Å². The highest BCUT2D eigenvalue weighted by Crippen LogP contribution is 2.38. The number of carbonyl (C=O) groups excluding carboxylic acids is 1.